The first-order chi connectivity index (χ1) is 11.6. The lowest BCUT2D eigenvalue weighted by Gasteiger charge is -2.19. The lowest BCUT2D eigenvalue weighted by Crippen LogP contribution is -2.29. The zero-order valence-corrected chi connectivity index (χ0v) is 14.6. The molecule has 1 aromatic rings. The third-order valence-corrected chi connectivity index (χ3v) is 5.42. The molecule has 1 aliphatic carbocycles. The quantitative estimate of drug-likeness (QED) is 0.883. The van der Waals surface area contributed by atoms with Gasteiger partial charge < -0.3 is 10.2 Å². The van der Waals surface area contributed by atoms with E-state index in [-0.39, 0.29) is 11.8 Å². The van der Waals surface area contributed by atoms with E-state index in [4.69, 9.17) is 0 Å². The minimum atomic E-state index is 0.0340. The molecule has 0 radical (unpaired) electrons. The number of nitrogens with one attached hydrogen (secondary N) is 1. The summed E-state index contributed by atoms with van der Waals surface area (Å²) >= 11 is 0. The van der Waals surface area contributed by atoms with Gasteiger partial charge in [0.15, 0.2) is 0 Å². The van der Waals surface area contributed by atoms with Crippen molar-refractivity contribution < 1.29 is 9.59 Å². The Kier molecular flexibility index (Phi) is 5.54. The molecule has 2 amide bonds. The van der Waals surface area contributed by atoms with Crippen LogP contribution in [0.4, 0.5) is 5.69 Å². The number of benzene rings is 1. The predicted molar refractivity (Wildman–Crippen MR) is 96.1 cm³/mol. The third-order valence-electron chi connectivity index (χ3n) is 5.42. The molecule has 24 heavy (non-hydrogen) atoms. The predicted octanol–water partition coefficient (Wildman–Crippen LogP) is 4.14. The van der Waals surface area contributed by atoms with Crippen LogP contribution in [0, 0.1) is 12.8 Å². The van der Waals surface area contributed by atoms with Crippen LogP contribution in [0.25, 0.3) is 0 Å². The Morgan fingerprint density at radius 3 is 2.54 bits per heavy atom. The van der Waals surface area contributed by atoms with E-state index in [2.05, 4.69) is 5.32 Å². The largest absolute Gasteiger partial charge is 0.339 e. The molecular weight excluding hydrogens is 300 g/mol. The fourth-order valence-electron chi connectivity index (χ4n) is 3.94. The average molecular weight is 328 g/mol. The Morgan fingerprint density at radius 1 is 1.12 bits per heavy atom. The SMILES string of the molecule is Cc1cccc(C(=O)N2CCCC2)c1NC(=O)CCC1CCCC1. The Labute approximate surface area is 144 Å². The highest BCUT2D eigenvalue weighted by atomic mass is 16.2. The van der Waals surface area contributed by atoms with Crippen molar-refractivity contribution in [1.29, 1.82) is 0 Å². The second-order valence-electron chi connectivity index (χ2n) is 7.23. The summed E-state index contributed by atoms with van der Waals surface area (Å²) in [5.74, 6) is 0.785. The summed E-state index contributed by atoms with van der Waals surface area (Å²) in [5.41, 5.74) is 2.28. The number of aryl methyl sites for hydroxylation is 1. The summed E-state index contributed by atoms with van der Waals surface area (Å²) in [6.45, 7) is 3.59. The van der Waals surface area contributed by atoms with Crippen LogP contribution in [0.1, 0.15) is 67.3 Å². The molecule has 1 aliphatic heterocycles. The zero-order valence-electron chi connectivity index (χ0n) is 14.6. The molecule has 1 saturated carbocycles. The highest BCUT2D eigenvalue weighted by Crippen LogP contribution is 2.29. The van der Waals surface area contributed by atoms with Crippen molar-refractivity contribution in [3.8, 4) is 0 Å². The number of amides is 2. The van der Waals surface area contributed by atoms with Crippen molar-refractivity contribution in [1.82, 2.24) is 4.90 Å². The van der Waals surface area contributed by atoms with Crippen LogP contribution in [0.5, 0.6) is 0 Å². The molecule has 0 aromatic heterocycles. The number of para-hydroxylation sites is 1. The number of rotatable bonds is 5. The molecule has 130 valence electrons. The number of likely N-dealkylation sites (tertiary alicyclic amines) is 1. The summed E-state index contributed by atoms with van der Waals surface area (Å²) in [7, 11) is 0. The van der Waals surface area contributed by atoms with E-state index in [1.165, 1.54) is 25.7 Å². The minimum Gasteiger partial charge on any atom is -0.339 e. The molecule has 1 aromatic carbocycles. The minimum absolute atomic E-state index is 0.0340. The van der Waals surface area contributed by atoms with Crippen molar-refractivity contribution in [3.63, 3.8) is 0 Å². The monoisotopic (exact) mass is 328 g/mol. The summed E-state index contributed by atoms with van der Waals surface area (Å²) in [6, 6.07) is 5.68. The first-order valence-electron chi connectivity index (χ1n) is 9.34. The van der Waals surface area contributed by atoms with Crippen LogP contribution in [0.2, 0.25) is 0 Å². The van der Waals surface area contributed by atoms with Crippen LogP contribution in [0.3, 0.4) is 0 Å². The number of carbonyl (C=O) groups is 2. The van der Waals surface area contributed by atoms with Gasteiger partial charge in [0.25, 0.3) is 5.91 Å². The maximum absolute atomic E-state index is 12.7. The Balaban J connectivity index is 1.67. The molecule has 0 atom stereocenters. The number of carbonyl (C=O) groups excluding carboxylic acids is 2. The van der Waals surface area contributed by atoms with Crippen LogP contribution in [-0.2, 0) is 4.79 Å². The molecular formula is C20H28N2O2. The maximum Gasteiger partial charge on any atom is 0.255 e. The Morgan fingerprint density at radius 2 is 1.83 bits per heavy atom. The molecule has 0 spiro atoms. The smallest absolute Gasteiger partial charge is 0.255 e. The molecule has 1 saturated heterocycles. The van der Waals surface area contributed by atoms with E-state index in [1.54, 1.807) is 0 Å². The van der Waals surface area contributed by atoms with E-state index in [0.717, 1.165) is 37.9 Å². The average Bonchev–Trinajstić information content (AvgIpc) is 3.28. The highest BCUT2D eigenvalue weighted by Gasteiger charge is 2.23. The Bertz CT molecular complexity index is 600. The number of hydrogen-bond donors (Lipinski definition) is 1. The molecule has 2 aliphatic rings. The third kappa shape index (κ3) is 3.97. The molecule has 0 unspecified atom stereocenters. The first-order valence-corrected chi connectivity index (χ1v) is 9.34. The van der Waals surface area contributed by atoms with Crippen molar-refractivity contribution in [2.75, 3.05) is 18.4 Å². The second-order valence-corrected chi connectivity index (χ2v) is 7.23. The summed E-state index contributed by atoms with van der Waals surface area (Å²) in [4.78, 5) is 27.0. The Hall–Kier alpha value is -1.84. The maximum atomic E-state index is 12.7. The lowest BCUT2D eigenvalue weighted by molar-refractivity contribution is -0.116. The van der Waals surface area contributed by atoms with Crippen LogP contribution < -0.4 is 5.32 Å². The number of nitrogens with zero attached hydrogens (tertiary/aromatic N) is 1. The molecule has 1 N–H and O–H groups in total. The van der Waals surface area contributed by atoms with Crippen molar-refractivity contribution in [3.05, 3.63) is 29.3 Å². The van der Waals surface area contributed by atoms with E-state index < -0.39 is 0 Å². The van der Waals surface area contributed by atoms with Gasteiger partial charge in [0.05, 0.1) is 11.3 Å². The van der Waals surface area contributed by atoms with E-state index in [0.29, 0.717) is 23.6 Å². The fourth-order valence-corrected chi connectivity index (χ4v) is 3.94. The molecule has 1 heterocycles. The van der Waals surface area contributed by atoms with Gasteiger partial charge in [-0.05, 0) is 43.7 Å². The standard InChI is InChI=1S/C20H28N2O2/c1-15-7-6-10-17(20(24)22-13-4-5-14-22)19(15)21-18(23)12-11-16-8-2-3-9-16/h6-7,10,16H,2-5,8-9,11-14H2,1H3,(H,21,23). The van der Waals surface area contributed by atoms with Gasteiger partial charge in [0.2, 0.25) is 5.91 Å². The van der Waals surface area contributed by atoms with E-state index in [9.17, 15) is 9.59 Å². The molecule has 2 fully saturated rings. The molecule has 4 nitrogen and oxygen atoms in total. The van der Waals surface area contributed by atoms with Gasteiger partial charge in [-0.1, -0.05) is 37.8 Å². The van der Waals surface area contributed by atoms with Crippen molar-refractivity contribution >= 4 is 17.5 Å². The molecule has 3 rings (SSSR count). The summed E-state index contributed by atoms with van der Waals surface area (Å²) < 4.78 is 0. The van der Waals surface area contributed by atoms with Crippen molar-refractivity contribution in [2.45, 2.75) is 58.3 Å². The summed E-state index contributed by atoms with van der Waals surface area (Å²) in [5, 5.41) is 3.02. The van der Waals surface area contributed by atoms with Gasteiger partial charge in [-0.3, -0.25) is 9.59 Å². The lowest BCUT2D eigenvalue weighted by atomic mass is 10.0. The van der Waals surface area contributed by atoms with Gasteiger partial charge in [-0.2, -0.15) is 0 Å². The van der Waals surface area contributed by atoms with Crippen LogP contribution >= 0.6 is 0 Å². The zero-order chi connectivity index (χ0) is 16.9. The first kappa shape index (κ1) is 17.0. The van der Waals surface area contributed by atoms with Gasteiger partial charge in [0, 0.05) is 19.5 Å². The summed E-state index contributed by atoms with van der Waals surface area (Å²) in [6.07, 6.45) is 8.79. The normalized spacial score (nSPS) is 18.1. The topological polar surface area (TPSA) is 49.4 Å². The molecule has 0 bridgehead atoms. The van der Waals surface area contributed by atoms with Gasteiger partial charge in [-0.15, -0.1) is 0 Å². The number of anilines is 1. The number of hydrogen-bond acceptors (Lipinski definition) is 2. The van der Waals surface area contributed by atoms with E-state index >= 15 is 0 Å². The highest BCUT2D eigenvalue weighted by molar-refractivity contribution is 6.04. The fraction of sp³-hybridized carbons (Fsp3) is 0.600. The van der Waals surface area contributed by atoms with E-state index in [1.807, 2.05) is 30.0 Å². The van der Waals surface area contributed by atoms with Crippen LogP contribution in [0.15, 0.2) is 18.2 Å². The van der Waals surface area contributed by atoms with Crippen molar-refractivity contribution in [2.24, 2.45) is 5.92 Å². The van der Waals surface area contributed by atoms with Gasteiger partial charge >= 0.3 is 0 Å². The van der Waals surface area contributed by atoms with Gasteiger partial charge in [-0.25, -0.2) is 0 Å². The van der Waals surface area contributed by atoms with Crippen LogP contribution in [-0.4, -0.2) is 29.8 Å². The molecule has 4 heteroatoms. The second kappa shape index (κ2) is 7.82. The van der Waals surface area contributed by atoms with Gasteiger partial charge in [0.1, 0.15) is 0 Å².